The van der Waals surface area contributed by atoms with Crippen LogP contribution in [0.15, 0.2) is 23.3 Å². The standard InChI is InChI=1S/C40H65FN2O2S/c1-7-10-29(11-9-22-41)30-15-18-37(4)33(36(30,2)3)16-19-39(6)34(37)14-13-31-32-12-8-17-40(32,21-20-38(31,39)5)35(44)42-23-24-43-25-27-46(45)28-26-43/h10,15,31-34H,7-9,11-14,16-28H2,1-6H3,(H,42,44)/b29-10+/t31?,32?,33?,34?,37?,38-,39?,40?/m1/s1. The van der Waals surface area contributed by atoms with E-state index in [4.69, 9.17) is 0 Å². The maximum absolute atomic E-state index is 14.1. The minimum atomic E-state index is -0.659. The number of hydrogen-bond acceptors (Lipinski definition) is 3. The van der Waals surface area contributed by atoms with Crippen molar-refractivity contribution in [1.29, 1.82) is 0 Å². The second kappa shape index (κ2) is 13.0. The summed E-state index contributed by atoms with van der Waals surface area (Å²) in [7, 11) is -0.659. The highest BCUT2D eigenvalue weighted by Crippen LogP contribution is 2.77. The molecule has 0 spiro atoms. The molecular weight excluding hydrogens is 592 g/mol. The molecular formula is C40H65FN2O2S. The van der Waals surface area contributed by atoms with Crippen molar-refractivity contribution in [1.82, 2.24) is 10.2 Å². The van der Waals surface area contributed by atoms with Gasteiger partial charge in [0.25, 0.3) is 0 Å². The van der Waals surface area contributed by atoms with E-state index in [1.807, 2.05) is 0 Å². The maximum Gasteiger partial charge on any atom is 0.226 e. The number of allylic oxidation sites excluding steroid dienone is 4. The number of carbonyl (C=O) groups is 1. The third-order valence-corrected chi connectivity index (χ3v) is 17.0. The van der Waals surface area contributed by atoms with Crippen molar-refractivity contribution in [2.75, 3.05) is 44.4 Å². The normalized spacial score (nSPS) is 42.8. The molecule has 0 aromatic rings. The van der Waals surface area contributed by atoms with Crippen LogP contribution >= 0.6 is 0 Å². The summed E-state index contributed by atoms with van der Waals surface area (Å²) in [5, 5.41) is 3.45. The minimum Gasteiger partial charge on any atom is -0.354 e. The van der Waals surface area contributed by atoms with Gasteiger partial charge in [-0.3, -0.25) is 18.3 Å². The first kappa shape index (κ1) is 34.8. The smallest absolute Gasteiger partial charge is 0.226 e. The largest absolute Gasteiger partial charge is 0.354 e. The van der Waals surface area contributed by atoms with Gasteiger partial charge in [0.2, 0.25) is 5.91 Å². The van der Waals surface area contributed by atoms with Gasteiger partial charge >= 0.3 is 0 Å². The number of fused-ring (bicyclic) bond motifs is 7. The Bertz CT molecular complexity index is 1240. The van der Waals surface area contributed by atoms with Crippen LogP contribution in [0.25, 0.3) is 0 Å². The van der Waals surface area contributed by atoms with E-state index >= 15 is 0 Å². The molecule has 5 aliphatic carbocycles. The van der Waals surface area contributed by atoms with Crippen LogP contribution in [-0.2, 0) is 15.6 Å². The van der Waals surface area contributed by atoms with Crippen molar-refractivity contribution in [3.8, 4) is 0 Å². The van der Waals surface area contributed by atoms with Gasteiger partial charge in [0.05, 0.1) is 12.1 Å². The number of nitrogens with zero attached hydrogens (tertiary/aromatic N) is 1. The lowest BCUT2D eigenvalue weighted by atomic mass is 9.32. The summed E-state index contributed by atoms with van der Waals surface area (Å²) in [6.07, 6.45) is 19.5. The van der Waals surface area contributed by atoms with Crippen molar-refractivity contribution in [2.24, 2.45) is 50.7 Å². The van der Waals surface area contributed by atoms with Gasteiger partial charge < -0.3 is 5.32 Å². The second-order valence-corrected chi connectivity index (χ2v) is 19.4. The molecule has 6 rings (SSSR count). The van der Waals surface area contributed by atoms with Gasteiger partial charge in [0, 0.05) is 48.5 Å². The Morgan fingerprint density at radius 3 is 2.46 bits per heavy atom. The number of halogens is 1. The molecule has 4 saturated carbocycles. The van der Waals surface area contributed by atoms with E-state index in [1.54, 1.807) is 0 Å². The maximum atomic E-state index is 14.1. The molecule has 8 atom stereocenters. The van der Waals surface area contributed by atoms with Crippen LogP contribution in [0.2, 0.25) is 0 Å². The third-order valence-electron chi connectivity index (χ3n) is 15.8. The van der Waals surface area contributed by atoms with Crippen LogP contribution in [0.1, 0.15) is 125 Å². The molecule has 7 unspecified atom stereocenters. The van der Waals surface area contributed by atoms with Crippen LogP contribution in [-0.4, -0.2) is 59.4 Å². The summed E-state index contributed by atoms with van der Waals surface area (Å²) < 4.78 is 25.1. The molecule has 1 saturated heterocycles. The summed E-state index contributed by atoms with van der Waals surface area (Å²) in [4.78, 5) is 16.5. The Hall–Kier alpha value is -1.01. The molecule has 1 amide bonds. The lowest BCUT2D eigenvalue weighted by Crippen LogP contribution is -2.66. The zero-order valence-electron chi connectivity index (χ0n) is 30.2. The van der Waals surface area contributed by atoms with Crippen molar-refractivity contribution in [3.05, 3.63) is 23.3 Å². The number of alkyl halides is 1. The zero-order valence-corrected chi connectivity index (χ0v) is 31.0. The van der Waals surface area contributed by atoms with Crippen molar-refractivity contribution < 1.29 is 13.4 Å². The SMILES string of the molecule is CC/C=C(\CCCF)C1=CCC2(C)C(CCC3(C)C2CCC2C4CCCC4(C(=O)NCCN4CCS(=O)CC4)CC[C@]23C)C1(C)C. The van der Waals surface area contributed by atoms with Crippen LogP contribution in [0.5, 0.6) is 0 Å². The van der Waals surface area contributed by atoms with E-state index in [9.17, 15) is 13.4 Å². The highest BCUT2D eigenvalue weighted by atomic mass is 32.2. The molecule has 1 aliphatic heterocycles. The van der Waals surface area contributed by atoms with Gasteiger partial charge in [-0.15, -0.1) is 0 Å². The lowest BCUT2D eigenvalue weighted by Gasteiger charge is -2.72. The zero-order chi connectivity index (χ0) is 33.0. The Balaban J connectivity index is 1.21. The predicted molar refractivity (Wildman–Crippen MR) is 190 cm³/mol. The van der Waals surface area contributed by atoms with Crippen LogP contribution in [0.4, 0.5) is 4.39 Å². The van der Waals surface area contributed by atoms with Gasteiger partial charge in [0.1, 0.15) is 0 Å². The van der Waals surface area contributed by atoms with E-state index in [0.717, 1.165) is 69.8 Å². The molecule has 0 aromatic carbocycles. The summed E-state index contributed by atoms with van der Waals surface area (Å²) in [6, 6.07) is 0. The molecule has 6 heteroatoms. The Morgan fingerprint density at radius 2 is 1.74 bits per heavy atom. The predicted octanol–water partition coefficient (Wildman–Crippen LogP) is 8.64. The number of rotatable bonds is 9. The average Bonchev–Trinajstić information content (AvgIpc) is 3.46. The van der Waals surface area contributed by atoms with Gasteiger partial charge in [0.15, 0.2) is 0 Å². The Labute approximate surface area is 283 Å². The van der Waals surface area contributed by atoms with Crippen molar-refractivity contribution in [2.45, 2.75) is 125 Å². The van der Waals surface area contributed by atoms with Crippen LogP contribution < -0.4 is 5.32 Å². The van der Waals surface area contributed by atoms with Crippen LogP contribution in [0.3, 0.4) is 0 Å². The van der Waals surface area contributed by atoms with E-state index in [0.29, 0.717) is 41.4 Å². The third kappa shape index (κ3) is 5.44. The molecule has 1 heterocycles. The lowest BCUT2D eigenvalue weighted by molar-refractivity contribution is -0.223. The van der Waals surface area contributed by atoms with Crippen molar-refractivity contribution in [3.63, 3.8) is 0 Å². The monoisotopic (exact) mass is 656 g/mol. The Morgan fingerprint density at radius 1 is 0.978 bits per heavy atom. The van der Waals surface area contributed by atoms with E-state index in [1.165, 1.54) is 56.1 Å². The topological polar surface area (TPSA) is 49.4 Å². The van der Waals surface area contributed by atoms with E-state index in [2.05, 4.69) is 63.9 Å². The minimum absolute atomic E-state index is 0.0972. The molecule has 260 valence electrons. The fourth-order valence-corrected chi connectivity index (χ4v) is 14.5. The summed E-state index contributed by atoms with van der Waals surface area (Å²) in [5.41, 5.74) is 3.68. The molecule has 46 heavy (non-hydrogen) atoms. The molecule has 4 nitrogen and oxygen atoms in total. The van der Waals surface area contributed by atoms with Gasteiger partial charge in [-0.2, -0.15) is 0 Å². The molecule has 0 bridgehead atoms. The second-order valence-electron chi connectivity index (χ2n) is 17.7. The first-order chi connectivity index (χ1) is 21.9. The van der Waals surface area contributed by atoms with Gasteiger partial charge in [-0.25, -0.2) is 0 Å². The number of amides is 1. The average molecular weight is 657 g/mol. The highest BCUT2D eigenvalue weighted by Gasteiger charge is 2.70. The number of nitrogens with one attached hydrogen (secondary N) is 1. The summed E-state index contributed by atoms with van der Waals surface area (Å²) >= 11 is 0. The summed E-state index contributed by atoms with van der Waals surface area (Å²) in [6.45, 7) is 18.4. The molecule has 6 aliphatic rings. The Kier molecular flexibility index (Phi) is 9.87. The van der Waals surface area contributed by atoms with E-state index < -0.39 is 10.8 Å². The van der Waals surface area contributed by atoms with Gasteiger partial charge in [-0.05, 0) is 134 Å². The molecule has 1 N–H and O–H groups in total. The van der Waals surface area contributed by atoms with Gasteiger partial charge in [-0.1, -0.05) is 60.1 Å². The fourth-order valence-electron chi connectivity index (χ4n) is 13.4. The van der Waals surface area contributed by atoms with E-state index in [-0.39, 0.29) is 28.3 Å². The van der Waals surface area contributed by atoms with Crippen LogP contribution in [0, 0.1) is 50.7 Å². The van der Waals surface area contributed by atoms with Crippen molar-refractivity contribution >= 4 is 16.7 Å². The first-order valence-corrected chi connectivity index (χ1v) is 20.7. The fraction of sp³-hybridized carbons (Fsp3) is 0.875. The summed E-state index contributed by atoms with van der Waals surface area (Å²) in [5.74, 6) is 4.37. The molecule has 0 aromatic heterocycles. The first-order valence-electron chi connectivity index (χ1n) is 19.2. The quantitative estimate of drug-likeness (QED) is 0.270. The number of hydrogen-bond donors (Lipinski definition) is 1. The highest BCUT2D eigenvalue weighted by molar-refractivity contribution is 7.85. The molecule has 5 fully saturated rings. The number of carbonyl (C=O) groups excluding carboxylic acids is 1. The molecule has 0 radical (unpaired) electrons.